The van der Waals surface area contributed by atoms with Crippen LogP contribution >= 0.6 is 0 Å². The topological polar surface area (TPSA) is 38.3 Å². The molecule has 0 fully saturated rings. The predicted octanol–water partition coefficient (Wildman–Crippen LogP) is 5.35. The first-order valence-electron chi connectivity index (χ1n) is 7.84. The fourth-order valence-electron chi connectivity index (χ4n) is 2.46. The molecule has 3 nitrogen and oxygen atoms in total. The van der Waals surface area contributed by atoms with Crippen molar-refractivity contribution in [1.29, 1.82) is 0 Å². The maximum Gasteiger partial charge on any atom is 0.256 e. The van der Waals surface area contributed by atoms with Gasteiger partial charge in [-0.1, -0.05) is 42.5 Å². The van der Waals surface area contributed by atoms with Gasteiger partial charge >= 0.3 is 0 Å². The molecule has 3 aromatic carbocycles. The van der Waals surface area contributed by atoms with Crippen LogP contribution < -0.4 is 10.1 Å². The van der Waals surface area contributed by atoms with Crippen molar-refractivity contribution in [3.8, 4) is 11.5 Å². The van der Waals surface area contributed by atoms with Gasteiger partial charge in [0, 0.05) is 5.56 Å². The number of amides is 1. The molecule has 120 valence electrons. The van der Waals surface area contributed by atoms with Crippen molar-refractivity contribution in [1.82, 2.24) is 0 Å². The van der Waals surface area contributed by atoms with Crippen molar-refractivity contribution in [2.75, 3.05) is 5.32 Å². The number of hydrogen-bond acceptors (Lipinski definition) is 2. The third-order valence-electron chi connectivity index (χ3n) is 3.96. The Hall–Kier alpha value is -3.07. The molecule has 0 unspecified atom stereocenters. The van der Waals surface area contributed by atoms with Gasteiger partial charge in [-0.25, -0.2) is 0 Å². The van der Waals surface area contributed by atoms with E-state index in [0.717, 1.165) is 16.9 Å². The lowest BCUT2D eigenvalue weighted by atomic mass is 10.0. The zero-order chi connectivity index (χ0) is 16.9. The summed E-state index contributed by atoms with van der Waals surface area (Å²) in [5, 5.41) is 2.95. The van der Waals surface area contributed by atoms with Gasteiger partial charge in [-0.2, -0.15) is 0 Å². The number of hydrogen-bond donors (Lipinski definition) is 1. The van der Waals surface area contributed by atoms with Crippen LogP contribution in [0, 0.1) is 13.8 Å². The highest BCUT2D eigenvalue weighted by atomic mass is 16.5. The van der Waals surface area contributed by atoms with Crippen LogP contribution in [0.2, 0.25) is 0 Å². The quantitative estimate of drug-likeness (QED) is 0.704. The van der Waals surface area contributed by atoms with E-state index in [1.807, 2.05) is 86.6 Å². The third-order valence-corrected chi connectivity index (χ3v) is 3.96. The van der Waals surface area contributed by atoms with Crippen LogP contribution in [-0.2, 0) is 0 Å². The second kappa shape index (κ2) is 7.01. The van der Waals surface area contributed by atoms with Crippen LogP contribution in [0.25, 0.3) is 0 Å². The fraction of sp³-hybridized carbons (Fsp3) is 0.0952. The molecule has 0 spiro atoms. The van der Waals surface area contributed by atoms with E-state index in [4.69, 9.17) is 4.74 Å². The molecule has 1 amide bonds. The Morgan fingerprint density at radius 1 is 0.833 bits per heavy atom. The minimum absolute atomic E-state index is 0.139. The van der Waals surface area contributed by atoms with Crippen LogP contribution in [0.1, 0.15) is 21.5 Å². The second-order valence-corrected chi connectivity index (χ2v) is 5.61. The molecule has 0 aromatic heterocycles. The van der Waals surface area contributed by atoms with Gasteiger partial charge < -0.3 is 10.1 Å². The lowest BCUT2D eigenvalue weighted by Gasteiger charge is -2.13. The Kier molecular flexibility index (Phi) is 4.62. The summed E-state index contributed by atoms with van der Waals surface area (Å²) < 4.78 is 5.89. The maximum atomic E-state index is 12.6. The van der Waals surface area contributed by atoms with Crippen molar-refractivity contribution in [3.63, 3.8) is 0 Å². The van der Waals surface area contributed by atoms with Crippen molar-refractivity contribution in [3.05, 3.63) is 89.5 Å². The Balaban J connectivity index is 1.85. The molecule has 1 N–H and O–H groups in total. The van der Waals surface area contributed by atoms with Crippen molar-refractivity contribution in [2.45, 2.75) is 13.8 Å². The molecule has 24 heavy (non-hydrogen) atoms. The number of carbonyl (C=O) groups excluding carboxylic acids is 1. The standard InChI is InChI=1S/C21H19NO2/c1-15-9-8-12-18(16(15)2)21(23)22-19-13-6-7-14-20(19)24-17-10-4-3-5-11-17/h3-14H,1-2H3,(H,22,23). The molecule has 3 rings (SSSR count). The molecule has 0 radical (unpaired) electrons. The Morgan fingerprint density at radius 2 is 1.54 bits per heavy atom. The minimum Gasteiger partial charge on any atom is -0.455 e. The summed E-state index contributed by atoms with van der Waals surface area (Å²) in [6, 6.07) is 22.7. The smallest absolute Gasteiger partial charge is 0.256 e. The van der Waals surface area contributed by atoms with E-state index in [1.165, 1.54) is 0 Å². The van der Waals surface area contributed by atoms with E-state index in [-0.39, 0.29) is 5.91 Å². The molecule has 0 aliphatic heterocycles. The van der Waals surface area contributed by atoms with E-state index < -0.39 is 0 Å². The summed E-state index contributed by atoms with van der Waals surface area (Å²) in [4.78, 5) is 12.6. The normalized spacial score (nSPS) is 10.2. The summed E-state index contributed by atoms with van der Waals surface area (Å²) in [6.45, 7) is 3.95. The van der Waals surface area contributed by atoms with Gasteiger partial charge in [0.1, 0.15) is 5.75 Å². The molecule has 0 atom stereocenters. The van der Waals surface area contributed by atoms with Crippen LogP contribution in [0.5, 0.6) is 11.5 Å². The molecule has 0 saturated heterocycles. The second-order valence-electron chi connectivity index (χ2n) is 5.61. The SMILES string of the molecule is Cc1cccc(C(=O)Nc2ccccc2Oc2ccccc2)c1C. The number of carbonyl (C=O) groups is 1. The zero-order valence-corrected chi connectivity index (χ0v) is 13.7. The average molecular weight is 317 g/mol. The summed E-state index contributed by atoms with van der Waals surface area (Å²) >= 11 is 0. The molecule has 0 aliphatic carbocycles. The number of benzene rings is 3. The van der Waals surface area contributed by atoms with Gasteiger partial charge in [0.05, 0.1) is 5.69 Å². The Morgan fingerprint density at radius 3 is 2.33 bits per heavy atom. The highest BCUT2D eigenvalue weighted by Crippen LogP contribution is 2.29. The first-order chi connectivity index (χ1) is 11.6. The Bertz CT molecular complexity index is 857. The van der Waals surface area contributed by atoms with E-state index >= 15 is 0 Å². The largest absolute Gasteiger partial charge is 0.455 e. The molecule has 0 bridgehead atoms. The number of anilines is 1. The number of aryl methyl sites for hydroxylation is 1. The molecular weight excluding hydrogens is 298 g/mol. The van der Waals surface area contributed by atoms with Crippen molar-refractivity contribution >= 4 is 11.6 Å². The lowest BCUT2D eigenvalue weighted by molar-refractivity contribution is 0.102. The highest BCUT2D eigenvalue weighted by Gasteiger charge is 2.13. The number of para-hydroxylation sites is 3. The number of rotatable bonds is 4. The van der Waals surface area contributed by atoms with Gasteiger partial charge in [0.15, 0.2) is 5.75 Å². The van der Waals surface area contributed by atoms with Gasteiger partial charge in [0.25, 0.3) is 5.91 Å². The maximum absolute atomic E-state index is 12.6. The highest BCUT2D eigenvalue weighted by molar-refractivity contribution is 6.06. The molecule has 3 aromatic rings. The van der Waals surface area contributed by atoms with Crippen LogP contribution in [0.15, 0.2) is 72.8 Å². The van der Waals surface area contributed by atoms with Gasteiger partial charge in [-0.15, -0.1) is 0 Å². The van der Waals surface area contributed by atoms with Gasteiger partial charge in [-0.3, -0.25) is 4.79 Å². The Labute approximate surface area is 141 Å². The van der Waals surface area contributed by atoms with Gasteiger partial charge in [-0.05, 0) is 55.3 Å². The van der Waals surface area contributed by atoms with E-state index in [1.54, 1.807) is 0 Å². The monoisotopic (exact) mass is 317 g/mol. The third kappa shape index (κ3) is 3.46. The summed E-state index contributed by atoms with van der Waals surface area (Å²) in [5.74, 6) is 1.20. The van der Waals surface area contributed by atoms with E-state index in [0.29, 0.717) is 17.0 Å². The van der Waals surface area contributed by atoms with E-state index in [2.05, 4.69) is 5.32 Å². The summed E-state index contributed by atoms with van der Waals surface area (Å²) in [5.41, 5.74) is 3.39. The first kappa shape index (κ1) is 15.8. The first-order valence-corrected chi connectivity index (χ1v) is 7.84. The zero-order valence-electron chi connectivity index (χ0n) is 13.7. The molecule has 3 heteroatoms. The average Bonchev–Trinajstić information content (AvgIpc) is 2.60. The van der Waals surface area contributed by atoms with Gasteiger partial charge in [0.2, 0.25) is 0 Å². The lowest BCUT2D eigenvalue weighted by Crippen LogP contribution is -2.14. The fourth-order valence-corrected chi connectivity index (χ4v) is 2.46. The van der Waals surface area contributed by atoms with Crippen LogP contribution in [0.3, 0.4) is 0 Å². The molecule has 0 aliphatic rings. The summed E-state index contributed by atoms with van der Waals surface area (Å²) in [7, 11) is 0. The van der Waals surface area contributed by atoms with Crippen molar-refractivity contribution in [2.24, 2.45) is 0 Å². The minimum atomic E-state index is -0.139. The number of nitrogens with one attached hydrogen (secondary N) is 1. The summed E-state index contributed by atoms with van der Waals surface area (Å²) in [6.07, 6.45) is 0. The van der Waals surface area contributed by atoms with Crippen molar-refractivity contribution < 1.29 is 9.53 Å². The van der Waals surface area contributed by atoms with E-state index in [9.17, 15) is 4.79 Å². The van der Waals surface area contributed by atoms with Crippen LogP contribution in [0.4, 0.5) is 5.69 Å². The molecule has 0 saturated carbocycles. The molecule has 0 heterocycles. The van der Waals surface area contributed by atoms with Crippen LogP contribution in [-0.4, -0.2) is 5.91 Å². The molecular formula is C21H19NO2. The predicted molar refractivity (Wildman–Crippen MR) is 96.8 cm³/mol. The number of ether oxygens (including phenoxy) is 1.